The van der Waals surface area contributed by atoms with E-state index in [0.29, 0.717) is 13.2 Å². The number of nitrogens with zero attached hydrogens (tertiary/aromatic N) is 3. The smallest absolute Gasteiger partial charge is 0.193 e. The van der Waals surface area contributed by atoms with Crippen LogP contribution in [0.4, 0.5) is 0 Å². The van der Waals surface area contributed by atoms with Crippen molar-refractivity contribution in [3.8, 4) is 5.75 Å². The molecule has 0 aliphatic rings. The molecule has 0 atom stereocenters. The molecule has 0 saturated heterocycles. The monoisotopic (exact) mass is 440 g/mol. The summed E-state index contributed by atoms with van der Waals surface area (Å²) >= 11 is 0. The molecule has 1 aromatic heterocycles. The summed E-state index contributed by atoms with van der Waals surface area (Å²) < 4.78 is 5.62. The molecule has 2 aromatic rings. The van der Waals surface area contributed by atoms with E-state index in [4.69, 9.17) is 4.74 Å². The average Bonchev–Trinajstić information content (AvgIpc) is 2.58. The van der Waals surface area contributed by atoms with Crippen LogP contribution >= 0.6 is 24.0 Å². The van der Waals surface area contributed by atoms with Crippen LogP contribution in [0.1, 0.15) is 11.1 Å². The fraction of sp³-hybridized carbons (Fsp3) is 0.333. The molecule has 1 heterocycles. The molecule has 1 aromatic carbocycles. The fourth-order valence-corrected chi connectivity index (χ4v) is 2.27. The SMILES string of the molecule is CN=C(NCCOc1cccnc1)N(C)Cc1ccccc1C.I. The molecule has 0 spiro atoms. The van der Waals surface area contributed by atoms with Crippen LogP contribution in [0.25, 0.3) is 0 Å². The highest BCUT2D eigenvalue weighted by Gasteiger charge is 2.07. The van der Waals surface area contributed by atoms with Crippen LogP contribution in [-0.2, 0) is 6.54 Å². The van der Waals surface area contributed by atoms with Crippen LogP contribution in [0, 0.1) is 6.92 Å². The van der Waals surface area contributed by atoms with Gasteiger partial charge in [-0.15, -0.1) is 24.0 Å². The number of hydrogen-bond acceptors (Lipinski definition) is 3. The number of ether oxygens (including phenoxy) is 1. The van der Waals surface area contributed by atoms with Crippen molar-refractivity contribution in [3.05, 3.63) is 59.9 Å². The molecule has 0 unspecified atom stereocenters. The number of guanidine groups is 1. The van der Waals surface area contributed by atoms with E-state index in [9.17, 15) is 0 Å². The molecule has 0 radical (unpaired) electrons. The van der Waals surface area contributed by atoms with Gasteiger partial charge in [0.05, 0.1) is 12.7 Å². The molecular weight excluding hydrogens is 415 g/mol. The highest BCUT2D eigenvalue weighted by molar-refractivity contribution is 14.0. The Kier molecular flexibility index (Phi) is 9.14. The lowest BCUT2D eigenvalue weighted by atomic mass is 10.1. The maximum absolute atomic E-state index is 5.62. The molecule has 0 saturated carbocycles. The number of rotatable bonds is 6. The number of aliphatic imine (C=N–C) groups is 1. The van der Waals surface area contributed by atoms with Gasteiger partial charge in [-0.3, -0.25) is 9.98 Å². The molecule has 6 heteroatoms. The lowest BCUT2D eigenvalue weighted by Crippen LogP contribution is -2.40. The number of halogens is 1. The number of aromatic nitrogens is 1. The van der Waals surface area contributed by atoms with Gasteiger partial charge in [-0.1, -0.05) is 24.3 Å². The first-order chi connectivity index (χ1) is 11.2. The van der Waals surface area contributed by atoms with E-state index in [-0.39, 0.29) is 24.0 Å². The van der Waals surface area contributed by atoms with E-state index in [1.54, 1.807) is 19.4 Å². The Morgan fingerprint density at radius 3 is 2.71 bits per heavy atom. The summed E-state index contributed by atoms with van der Waals surface area (Å²) in [4.78, 5) is 10.4. The van der Waals surface area contributed by atoms with Crippen molar-refractivity contribution < 1.29 is 4.74 Å². The number of hydrogen-bond donors (Lipinski definition) is 1. The normalized spacial score (nSPS) is 10.7. The summed E-state index contributed by atoms with van der Waals surface area (Å²) in [5.74, 6) is 1.63. The van der Waals surface area contributed by atoms with Gasteiger partial charge in [-0.25, -0.2) is 0 Å². The molecule has 0 amide bonds. The Balaban J connectivity index is 0.00000288. The Labute approximate surface area is 161 Å². The number of aryl methyl sites for hydroxylation is 1. The molecule has 0 aliphatic heterocycles. The first-order valence-electron chi connectivity index (χ1n) is 7.70. The second-order valence-electron chi connectivity index (χ2n) is 5.29. The Morgan fingerprint density at radius 1 is 1.25 bits per heavy atom. The predicted molar refractivity (Wildman–Crippen MR) is 109 cm³/mol. The van der Waals surface area contributed by atoms with Gasteiger partial charge in [-0.05, 0) is 30.2 Å². The quantitative estimate of drug-likeness (QED) is 0.325. The third kappa shape index (κ3) is 6.35. The standard InChI is InChI=1S/C18H24N4O.HI/c1-15-7-4-5-8-16(15)14-22(3)18(19-2)21-11-12-23-17-9-6-10-20-13-17;/h4-10,13H,11-12,14H2,1-3H3,(H,19,21);1H. The van der Waals surface area contributed by atoms with E-state index in [1.807, 2.05) is 19.2 Å². The minimum Gasteiger partial charge on any atom is -0.490 e. The summed E-state index contributed by atoms with van der Waals surface area (Å²) in [5, 5.41) is 3.31. The molecule has 0 bridgehead atoms. The lowest BCUT2D eigenvalue weighted by molar-refractivity contribution is 0.318. The third-order valence-corrected chi connectivity index (χ3v) is 3.53. The van der Waals surface area contributed by atoms with E-state index >= 15 is 0 Å². The van der Waals surface area contributed by atoms with Crippen LogP contribution in [0.3, 0.4) is 0 Å². The highest BCUT2D eigenvalue weighted by Crippen LogP contribution is 2.09. The molecule has 0 aliphatic carbocycles. The highest BCUT2D eigenvalue weighted by atomic mass is 127. The van der Waals surface area contributed by atoms with E-state index in [2.05, 4.69) is 51.4 Å². The van der Waals surface area contributed by atoms with Gasteiger partial charge in [-0.2, -0.15) is 0 Å². The van der Waals surface area contributed by atoms with E-state index in [0.717, 1.165) is 18.3 Å². The lowest BCUT2D eigenvalue weighted by Gasteiger charge is -2.23. The fourth-order valence-electron chi connectivity index (χ4n) is 2.27. The van der Waals surface area contributed by atoms with Crippen LogP contribution in [0.15, 0.2) is 53.8 Å². The number of benzene rings is 1. The molecule has 5 nitrogen and oxygen atoms in total. The average molecular weight is 440 g/mol. The van der Waals surface area contributed by atoms with Crippen molar-refractivity contribution >= 4 is 29.9 Å². The van der Waals surface area contributed by atoms with Crippen LogP contribution in [-0.4, -0.2) is 43.1 Å². The minimum atomic E-state index is 0. The zero-order valence-corrected chi connectivity index (χ0v) is 16.7. The van der Waals surface area contributed by atoms with Crippen LogP contribution < -0.4 is 10.1 Å². The summed E-state index contributed by atoms with van der Waals surface area (Å²) in [7, 11) is 3.82. The maximum Gasteiger partial charge on any atom is 0.193 e. The topological polar surface area (TPSA) is 49.8 Å². The molecule has 1 N–H and O–H groups in total. The van der Waals surface area contributed by atoms with Crippen molar-refractivity contribution in [3.63, 3.8) is 0 Å². The van der Waals surface area contributed by atoms with Crippen LogP contribution in [0.5, 0.6) is 5.75 Å². The van der Waals surface area contributed by atoms with Gasteiger partial charge in [0.2, 0.25) is 0 Å². The number of nitrogens with one attached hydrogen (secondary N) is 1. The first kappa shape index (κ1) is 20.2. The first-order valence-corrected chi connectivity index (χ1v) is 7.70. The van der Waals surface area contributed by atoms with Gasteiger partial charge in [0.1, 0.15) is 12.4 Å². The van der Waals surface area contributed by atoms with E-state index < -0.39 is 0 Å². The van der Waals surface area contributed by atoms with Crippen molar-refractivity contribution in [2.24, 2.45) is 4.99 Å². The molecule has 2 rings (SSSR count). The number of pyridine rings is 1. The van der Waals surface area contributed by atoms with Crippen molar-refractivity contribution in [2.45, 2.75) is 13.5 Å². The molecular formula is C18H25IN4O. The maximum atomic E-state index is 5.62. The minimum absolute atomic E-state index is 0. The summed E-state index contributed by atoms with van der Waals surface area (Å²) in [6.07, 6.45) is 3.44. The predicted octanol–water partition coefficient (Wildman–Crippen LogP) is 3.09. The van der Waals surface area contributed by atoms with Gasteiger partial charge in [0.15, 0.2) is 5.96 Å². The Morgan fingerprint density at radius 2 is 2.04 bits per heavy atom. The molecule has 0 fully saturated rings. The zero-order chi connectivity index (χ0) is 16.5. The van der Waals surface area contributed by atoms with Gasteiger partial charge in [0.25, 0.3) is 0 Å². The largest absolute Gasteiger partial charge is 0.490 e. The van der Waals surface area contributed by atoms with Gasteiger partial charge >= 0.3 is 0 Å². The van der Waals surface area contributed by atoms with Gasteiger partial charge < -0.3 is 15.0 Å². The summed E-state index contributed by atoms with van der Waals surface area (Å²) in [6, 6.07) is 12.1. The molecule has 24 heavy (non-hydrogen) atoms. The van der Waals surface area contributed by atoms with Crippen molar-refractivity contribution in [1.29, 1.82) is 0 Å². The zero-order valence-electron chi connectivity index (χ0n) is 14.4. The van der Waals surface area contributed by atoms with Crippen molar-refractivity contribution in [2.75, 3.05) is 27.2 Å². The van der Waals surface area contributed by atoms with E-state index in [1.165, 1.54) is 11.1 Å². The molecule has 130 valence electrons. The Bertz CT molecular complexity index is 634. The summed E-state index contributed by atoms with van der Waals surface area (Å²) in [6.45, 7) is 4.18. The third-order valence-electron chi connectivity index (χ3n) is 3.53. The Hall–Kier alpha value is -1.83. The summed E-state index contributed by atoms with van der Waals surface area (Å²) in [5.41, 5.74) is 2.58. The van der Waals surface area contributed by atoms with Crippen molar-refractivity contribution in [1.82, 2.24) is 15.2 Å². The second kappa shape index (κ2) is 10.9. The van der Waals surface area contributed by atoms with Gasteiger partial charge in [0, 0.05) is 26.8 Å². The second-order valence-corrected chi connectivity index (χ2v) is 5.29. The van der Waals surface area contributed by atoms with Crippen LogP contribution in [0.2, 0.25) is 0 Å².